The van der Waals surface area contributed by atoms with Crippen LogP contribution in [0.3, 0.4) is 0 Å². The molecule has 0 radical (unpaired) electrons. The van der Waals surface area contributed by atoms with Crippen LogP contribution in [-0.2, 0) is 0 Å². The summed E-state index contributed by atoms with van der Waals surface area (Å²) in [6.07, 6.45) is 11.8. The molecule has 0 N–H and O–H groups in total. The fourth-order valence-corrected chi connectivity index (χ4v) is 1.13. The Kier molecular flexibility index (Phi) is 8.82. The van der Waals surface area contributed by atoms with Crippen LogP contribution in [0.1, 0.15) is 33.6 Å². The Hall–Kier alpha value is -0.890. The minimum Gasteiger partial charge on any atom is -0.264 e. The van der Waals surface area contributed by atoms with Gasteiger partial charge in [-0.05, 0) is 39.2 Å². The van der Waals surface area contributed by atoms with Crippen molar-refractivity contribution in [2.45, 2.75) is 33.6 Å². The Labute approximate surface area is 107 Å². The fourth-order valence-electron chi connectivity index (χ4n) is 1.01. The molecule has 0 aliphatic rings. The molecule has 0 bridgehead atoms. The molecule has 0 aliphatic carbocycles. The van der Waals surface area contributed by atoms with Gasteiger partial charge in [0, 0.05) is 16.9 Å². The number of hydrogen-bond acceptors (Lipinski definition) is 1. The highest BCUT2D eigenvalue weighted by molar-refractivity contribution is 9.11. The Morgan fingerprint density at radius 1 is 1.31 bits per heavy atom. The summed E-state index contributed by atoms with van der Waals surface area (Å²) in [4.78, 5) is 4.14. The zero-order valence-electron chi connectivity index (χ0n) is 10.3. The first-order valence-electron chi connectivity index (χ1n) is 5.38. The van der Waals surface area contributed by atoms with Crippen LogP contribution in [0.15, 0.2) is 51.6 Å². The Morgan fingerprint density at radius 2 is 2.00 bits per heavy atom. The quantitative estimate of drug-likeness (QED) is 0.470. The summed E-state index contributed by atoms with van der Waals surface area (Å²) in [5.74, 6) is 0. The maximum Gasteiger partial charge on any atom is 0.0366 e. The summed E-state index contributed by atoms with van der Waals surface area (Å²) in [6, 6.07) is 0. The van der Waals surface area contributed by atoms with Crippen LogP contribution in [-0.4, -0.2) is 6.21 Å². The molecule has 0 heterocycles. The predicted molar refractivity (Wildman–Crippen MR) is 78.1 cm³/mol. The zero-order valence-corrected chi connectivity index (χ0v) is 11.9. The van der Waals surface area contributed by atoms with Crippen molar-refractivity contribution in [2.75, 3.05) is 0 Å². The van der Waals surface area contributed by atoms with Crippen LogP contribution in [0.25, 0.3) is 0 Å². The second kappa shape index (κ2) is 9.34. The third kappa shape index (κ3) is 9.66. The van der Waals surface area contributed by atoms with E-state index in [1.807, 2.05) is 26.1 Å². The summed E-state index contributed by atoms with van der Waals surface area (Å²) in [7, 11) is 0. The van der Waals surface area contributed by atoms with E-state index in [1.165, 1.54) is 5.57 Å². The molecule has 0 rings (SSSR count). The van der Waals surface area contributed by atoms with Gasteiger partial charge in [0.2, 0.25) is 0 Å². The molecular formula is C14H20BrN. The largest absolute Gasteiger partial charge is 0.264 e. The van der Waals surface area contributed by atoms with Gasteiger partial charge in [-0.2, -0.15) is 0 Å². The molecule has 16 heavy (non-hydrogen) atoms. The molecule has 0 aliphatic heterocycles. The Bertz CT molecular complexity index is 329. The van der Waals surface area contributed by atoms with E-state index in [0.717, 1.165) is 22.9 Å². The molecule has 1 nitrogen and oxygen atoms in total. The molecule has 2 heteroatoms. The predicted octanol–water partition coefficient (Wildman–Crippen LogP) is 5.17. The molecule has 0 saturated carbocycles. The van der Waals surface area contributed by atoms with Gasteiger partial charge in [0.15, 0.2) is 0 Å². The van der Waals surface area contributed by atoms with Crippen LogP contribution < -0.4 is 0 Å². The molecule has 0 aromatic heterocycles. The SMILES string of the molecule is C=C(C=N/C=C(\C)Br)CC/C(C)=C/C=C\C. The second-order valence-corrected chi connectivity index (χ2v) is 4.94. The fraction of sp³-hybridized carbons (Fsp3) is 0.357. The van der Waals surface area contributed by atoms with Crippen molar-refractivity contribution in [3.63, 3.8) is 0 Å². The van der Waals surface area contributed by atoms with Crippen LogP contribution in [0.2, 0.25) is 0 Å². The summed E-state index contributed by atoms with van der Waals surface area (Å²) >= 11 is 3.32. The molecule has 0 aromatic rings. The lowest BCUT2D eigenvalue weighted by atomic mass is 10.1. The standard InChI is InChI=1S/C14H20BrN/c1-5-6-7-12(2)8-9-13(3)10-16-11-14(4)15/h5-7,10-11H,3,8-9H2,1-2,4H3/b6-5-,12-7+,14-11+,16-10?. The van der Waals surface area contributed by atoms with E-state index in [4.69, 9.17) is 0 Å². The van der Waals surface area contributed by atoms with Crippen molar-refractivity contribution in [3.05, 3.63) is 46.6 Å². The van der Waals surface area contributed by atoms with Gasteiger partial charge in [0.1, 0.15) is 0 Å². The maximum atomic E-state index is 4.14. The number of nitrogens with zero attached hydrogens (tertiary/aromatic N) is 1. The number of aliphatic imine (C=N–C) groups is 1. The molecule has 88 valence electrons. The van der Waals surface area contributed by atoms with Crippen molar-refractivity contribution >= 4 is 22.1 Å². The smallest absolute Gasteiger partial charge is 0.0366 e. The highest BCUT2D eigenvalue weighted by Crippen LogP contribution is 2.09. The van der Waals surface area contributed by atoms with Gasteiger partial charge in [-0.1, -0.05) is 46.3 Å². The summed E-state index contributed by atoms with van der Waals surface area (Å²) in [5, 5.41) is 0. The van der Waals surface area contributed by atoms with Gasteiger partial charge < -0.3 is 0 Å². The van der Waals surface area contributed by atoms with E-state index < -0.39 is 0 Å². The lowest BCUT2D eigenvalue weighted by Crippen LogP contribution is -1.84. The number of hydrogen-bond donors (Lipinski definition) is 0. The highest BCUT2D eigenvalue weighted by Gasteiger charge is 1.92. The summed E-state index contributed by atoms with van der Waals surface area (Å²) < 4.78 is 1.01. The van der Waals surface area contributed by atoms with Crippen LogP contribution in [0.5, 0.6) is 0 Å². The van der Waals surface area contributed by atoms with E-state index in [-0.39, 0.29) is 0 Å². The lowest BCUT2D eigenvalue weighted by Gasteiger charge is -1.99. The molecule has 0 spiro atoms. The van der Waals surface area contributed by atoms with Crippen molar-refractivity contribution in [3.8, 4) is 0 Å². The third-order valence-corrected chi connectivity index (χ3v) is 2.13. The minimum absolute atomic E-state index is 0.957. The van der Waals surface area contributed by atoms with E-state index in [1.54, 1.807) is 6.20 Å². The molecule has 0 amide bonds. The van der Waals surface area contributed by atoms with Gasteiger partial charge >= 0.3 is 0 Å². The van der Waals surface area contributed by atoms with Crippen molar-refractivity contribution in [1.29, 1.82) is 0 Å². The first-order valence-corrected chi connectivity index (χ1v) is 6.17. The maximum absolute atomic E-state index is 4.14. The minimum atomic E-state index is 0.957. The molecule has 0 aromatic carbocycles. The first kappa shape index (κ1) is 15.1. The van der Waals surface area contributed by atoms with Gasteiger partial charge in [-0.3, -0.25) is 4.99 Å². The number of allylic oxidation sites excluding steroid dienone is 6. The van der Waals surface area contributed by atoms with E-state index in [2.05, 4.69) is 46.6 Å². The summed E-state index contributed by atoms with van der Waals surface area (Å²) in [5.41, 5.74) is 2.41. The second-order valence-electron chi connectivity index (χ2n) is 3.69. The third-order valence-electron chi connectivity index (χ3n) is 1.92. The Morgan fingerprint density at radius 3 is 2.56 bits per heavy atom. The average molecular weight is 282 g/mol. The number of rotatable bonds is 6. The van der Waals surface area contributed by atoms with Crippen LogP contribution in [0, 0.1) is 0 Å². The monoisotopic (exact) mass is 281 g/mol. The molecule has 0 atom stereocenters. The molecular weight excluding hydrogens is 262 g/mol. The van der Waals surface area contributed by atoms with Gasteiger partial charge in [0.25, 0.3) is 0 Å². The lowest BCUT2D eigenvalue weighted by molar-refractivity contribution is 0.961. The number of halogens is 1. The van der Waals surface area contributed by atoms with E-state index in [9.17, 15) is 0 Å². The van der Waals surface area contributed by atoms with Gasteiger partial charge in [-0.25, -0.2) is 0 Å². The van der Waals surface area contributed by atoms with Crippen LogP contribution >= 0.6 is 15.9 Å². The average Bonchev–Trinajstić information content (AvgIpc) is 2.23. The zero-order chi connectivity index (χ0) is 12.4. The van der Waals surface area contributed by atoms with E-state index in [0.29, 0.717) is 0 Å². The van der Waals surface area contributed by atoms with Crippen molar-refractivity contribution in [2.24, 2.45) is 4.99 Å². The Balaban J connectivity index is 3.99. The molecule has 0 saturated heterocycles. The normalized spacial score (nSPS) is 14.0. The van der Waals surface area contributed by atoms with Gasteiger partial charge in [-0.15, -0.1) is 0 Å². The first-order chi connectivity index (χ1) is 7.56. The highest BCUT2D eigenvalue weighted by atomic mass is 79.9. The van der Waals surface area contributed by atoms with Crippen LogP contribution in [0.4, 0.5) is 0 Å². The molecule has 0 fully saturated rings. The van der Waals surface area contributed by atoms with Crippen molar-refractivity contribution < 1.29 is 0 Å². The van der Waals surface area contributed by atoms with Crippen molar-refractivity contribution in [1.82, 2.24) is 0 Å². The molecule has 0 unspecified atom stereocenters. The summed E-state index contributed by atoms with van der Waals surface area (Å²) in [6.45, 7) is 10.1. The van der Waals surface area contributed by atoms with Gasteiger partial charge in [0.05, 0.1) is 0 Å². The topological polar surface area (TPSA) is 12.4 Å². The van der Waals surface area contributed by atoms with E-state index >= 15 is 0 Å².